The van der Waals surface area contributed by atoms with Crippen LogP contribution in [-0.4, -0.2) is 86.4 Å². The molecule has 2 aliphatic rings. The number of anilines is 1. The van der Waals surface area contributed by atoms with E-state index in [-0.39, 0.29) is 29.2 Å². The van der Waals surface area contributed by atoms with Crippen molar-refractivity contribution in [2.75, 3.05) is 31.6 Å². The first-order valence-electron chi connectivity index (χ1n) is 19.6. The van der Waals surface area contributed by atoms with E-state index in [1.54, 1.807) is 45.8 Å². The van der Waals surface area contributed by atoms with Gasteiger partial charge in [0, 0.05) is 0 Å². The number of hydrogen-bond donors (Lipinski definition) is 0. The van der Waals surface area contributed by atoms with Gasteiger partial charge < -0.3 is 0 Å². The molecular weight excluding hydrogens is 770 g/mol. The molecule has 4 aromatic rings. The van der Waals surface area contributed by atoms with Crippen LogP contribution in [0.2, 0.25) is 18.1 Å². The Hall–Kier alpha value is -5.16. The molecule has 2 saturated heterocycles. The molecule has 0 aromatic heterocycles. The SMILES string of the molecule is CC(=O)OCC(=O)OP(c1ccccc1)(c1ccccc1)(c1ccccc1)N1C(=O)[C@H]([C@@H](C)O[Si](C)(C)C(C)(C)C)[C@H]1CC(=O)c1ccc(N2CCN(C)C2=O)cc1. The van der Waals surface area contributed by atoms with Crippen LogP contribution in [0.3, 0.4) is 0 Å². The Kier molecular flexibility index (Phi) is 11.9. The molecule has 2 aliphatic heterocycles. The summed E-state index contributed by atoms with van der Waals surface area (Å²) < 4.78 is 20.9. The van der Waals surface area contributed by atoms with Gasteiger partial charge in [0.15, 0.2) is 0 Å². The summed E-state index contributed by atoms with van der Waals surface area (Å²) in [6.07, 6.45) is -0.734. The maximum atomic E-state index is 15.6. The quantitative estimate of drug-likeness (QED) is 0.0446. The summed E-state index contributed by atoms with van der Waals surface area (Å²) in [5.41, 5.74) is 1.09. The fourth-order valence-corrected chi connectivity index (χ4v) is 15.4. The fraction of sp³-hybridized carbons (Fsp3) is 0.356. The average Bonchev–Trinajstić information content (AvgIpc) is 3.53. The summed E-state index contributed by atoms with van der Waals surface area (Å²) >= 11 is 0. The summed E-state index contributed by atoms with van der Waals surface area (Å²) in [4.78, 5) is 72.8. The molecule has 0 N–H and O–H groups in total. The number of likely N-dealkylation sites (N-methyl/N-ethyl adjacent to an activating group) is 1. The number of hydrogen-bond acceptors (Lipinski definition) is 8. The Morgan fingerprint density at radius 3 is 1.72 bits per heavy atom. The average molecular weight is 824 g/mol. The molecule has 2 fully saturated rings. The van der Waals surface area contributed by atoms with Gasteiger partial charge in [-0.25, -0.2) is 0 Å². The van der Waals surface area contributed by atoms with Gasteiger partial charge in [0.05, 0.1) is 0 Å². The Balaban J connectivity index is 1.58. The molecule has 0 saturated carbocycles. The summed E-state index contributed by atoms with van der Waals surface area (Å²) in [5, 5.41) is 1.48. The number of carbonyl (C=O) groups excluding carboxylic acids is 5. The van der Waals surface area contributed by atoms with Crippen molar-refractivity contribution in [3.05, 3.63) is 121 Å². The molecule has 3 amide bonds. The summed E-state index contributed by atoms with van der Waals surface area (Å²) in [5.74, 6) is -2.87. The zero-order valence-corrected chi connectivity index (χ0v) is 36.5. The van der Waals surface area contributed by atoms with Gasteiger partial charge in [-0.05, 0) is 0 Å². The van der Waals surface area contributed by atoms with E-state index in [4.69, 9.17) is 13.7 Å². The Morgan fingerprint density at radius 2 is 1.29 bits per heavy atom. The third-order valence-electron chi connectivity index (χ3n) is 11.9. The van der Waals surface area contributed by atoms with Crippen LogP contribution in [0.15, 0.2) is 115 Å². The van der Waals surface area contributed by atoms with Crippen LogP contribution in [-0.2, 0) is 28.1 Å². The number of ketones is 1. The van der Waals surface area contributed by atoms with Gasteiger partial charge in [0.25, 0.3) is 0 Å². The number of nitrogens with zero attached hydrogens (tertiary/aromatic N) is 3. The first-order valence-corrected chi connectivity index (χ1v) is 24.7. The van der Waals surface area contributed by atoms with Gasteiger partial charge >= 0.3 is 343 Å². The van der Waals surface area contributed by atoms with Gasteiger partial charge in [-0.15, -0.1) is 0 Å². The number of urea groups is 1. The predicted octanol–water partition coefficient (Wildman–Crippen LogP) is 6.83. The summed E-state index contributed by atoms with van der Waals surface area (Å²) in [6, 6.07) is 33.6. The van der Waals surface area contributed by atoms with Crippen molar-refractivity contribution in [1.82, 2.24) is 9.57 Å². The molecule has 13 heteroatoms. The third-order valence-corrected chi connectivity index (χ3v) is 22.2. The summed E-state index contributed by atoms with van der Waals surface area (Å²) in [7, 11) is -0.695. The third kappa shape index (κ3) is 7.38. The summed E-state index contributed by atoms with van der Waals surface area (Å²) in [6.45, 7) is 9.21. The standard InChI is InChI=1S/C45H54N3O8PSi/c1-32(56-58(7,8)45(3,4)5)42-39(30-40(50)34-24-26-35(27-25-34)47-29-28-46(6)44(47)53)48(43(42)52)57(36-18-12-9-13-19-36,37-20-14-10-15-21-37,38-22-16-11-17-23-38)55-41(51)31-54-33(2)49/h9-27,32,39,42H,28-31H2,1-8H3/t32-,39-,42-/m1/s1. The van der Waals surface area contributed by atoms with Crippen molar-refractivity contribution in [2.24, 2.45) is 5.92 Å². The van der Waals surface area contributed by atoms with E-state index >= 15 is 4.79 Å². The van der Waals surface area contributed by atoms with E-state index in [2.05, 4.69) is 33.9 Å². The van der Waals surface area contributed by atoms with Crippen LogP contribution in [0.5, 0.6) is 0 Å². The number of amides is 3. The van der Waals surface area contributed by atoms with Gasteiger partial charge in [0.1, 0.15) is 0 Å². The van der Waals surface area contributed by atoms with Crippen LogP contribution in [0.1, 0.15) is 51.4 Å². The van der Waals surface area contributed by atoms with E-state index in [1.807, 2.05) is 97.9 Å². The van der Waals surface area contributed by atoms with Crippen LogP contribution in [0.25, 0.3) is 0 Å². The minimum absolute atomic E-state index is 0.112. The Bertz CT molecular complexity index is 2060. The van der Waals surface area contributed by atoms with Gasteiger partial charge in [-0.1, -0.05) is 0 Å². The molecular formula is C45H54N3O8PSi. The number of ether oxygens (including phenoxy) is 1. The Labute approximate surface area is 342 Å². The molecule has 2 heterocycles. The van der Waals surface area contributed by atoms with E-state index in [0.29, 0.717) is 40.3 Å². The molecule has 0 spiro atoms. The maximum absolute atomic E-state index is 15.6. The van der Waals surface area contributed by atoms with E-state index < -0.39 is 51.9 Å². The molecule has 0 bridgehead atoms. The van der Waals surface area contributed by atoms with Crippen LogP contribution < -0.4 is 20.8 Å². The van der Waals surface area contributed by atoms with Crippen molar-refractivity contribution < 1.29 is 37.7 Å². The van der Waals surface area contributed by atoms with Gasteiger partial charge in [0.2, 0.25) is 0 Å². The second-order valence-electron chi connectivity index (χ2n) is 16.6. The number of carbonyl (C=O) groups is 5. The first-order chi connectivity index (χ1) is 27.4. The Morgan fingerprint density at radius 1 is 0.793 bits per heavy atom. The van der Waals surface area contributed by atoms with Crippen LogP contribution in [0, 0.1) is 5.92 Å². The molecule has 4 aromatic carbocycles. The van der Waals surface area contributed by atoms with Crippen molar-refractivity contribution in [1.29, 1.82) is 0 Å². The molecule has 6 rings (SSSR count). The number of Topliss-reactive ketones (excluding diaryl/α,β-unsaturated/α-hetero) is 1. The zero-order valence-electron chi connectivity index (χ0n) is 34.6. The second-order valence-corrected chi connectivity index (χ2v) is 25.5. The predicted molar refractivity (Wildman–Crippen MR) is 231 cm³/mol. The second kappa shape index (κ2) is 16.2. The van der Waals surface area contributed by atoms with Crippen molar-refractivity contribution >= 4 is 66.6 Å². The number of β-lactam (4-membered cyclic amide) rings is 1. The number of benzene rings is 4. The van der Waals surface area contributed by atoms with Crippen LogP contribution >= 0.6 is 6.98 Å². The van der Waals surface area contributed by atoms with E-state index in [9.17, 15) is 19.2 Å². The van der Waals surface area contributed by atoms with E-state index in [0.717, 1.165) is 0 Å². The monoisotopic (exact) mass is 823 g/mol. The van der Waals surface area contributed by atoms with Crippen molar-refractivity contribution in [2.45, 2.75) is 71.3 Å². The van der Waals surface area contributed by atoms with Crippen molar-refractivity contribution in [3.63, 3.8) is 0 Å². The first kappa shape index (κ1) is 42.4. The topological polar surface area (TPSA) is 123 Å². The minimum atomic E-state index is -5.00. The molecule has 306 valence electrons. The molecule has 58 heavy (non-hydrogen) atoms. The van der Waals surface area contributed by atoms with Gasteiger partial charge in [-0.2, -0.15) is 0 Å². The normalized spacial score (nSPS) is 18.6. The molecule has 0 aliphatic carbocycles. The zero-order chi connectivity index (χ0) is 42.1. The fourth-order valence-electron chi connectivity index (χ4n) is 8.01. The molecule has 0 radical (unpaired) electrons. The van der Waals surface area contributed by atoms with Crippen molar-refractivity contribution in [3.8, 4) is 0 Å². The van der Waals surface area contributed by atoms with E-state index in [1.165, 1.54) is 6.92 Å². The number of rotatable bonds is 14. The van der Waals surface area contributed by atoms with Crippen LogP contribution in [0.4, 0.5) is 10.5 Å². The van der Waals surface area contributed by atoms with Gasteiger partial charge in [-0.3, -0.25) is 0 Å². The molecule has 0 unspecified atom stereocenters. The molecule has 11 nitrogen and oxygen atoms in total. The molecule has 3 atom stereocenters. The number of esters is 1.